The second-order valence-corrected chi connectivity index (χ2v) is 12.0. The minimum absolute atomic E-state index is 0.0912. The Labute approximate surface area is 208 Å². The van der Waals surface area contributed by atoms with Crippen LogP contribution in [-0.4, -0.2) is 44.0 Å². The monoisotopic (exact) mass is 534 g/mol. The number of thioether (sulfide) groups is 1. The van der Waals surface area contributed by atoms with Crippen LogP contribution >= 0.6 is 46.6 Å². The Morgan fingerprint density at radius 3 is 2.50 bits per heavy atom. The van der Waals surface area contributed by atoms with Gasteiger partial charge in [-0.1, -0.05) is 53.0 Å². The van der Waals surface area contributed by atoms with Crippen molar-refractivity contribution in [2.75, 3.05) is 25.4 Å². The van der Waals surface area contributed by atoms with Crippen molar-refractivity contribution >= 4 is 62.5 Å². The zero-order chi connectivity index (χ0) is 23.1. The van der Waals surface area contributed by atoms with Crippen LogP contribution in [0.15, 0.2) is 42.5 Å². The first-order chi connectivity index (χ1) is 15.2. The Balaban J connectivity index is 1.45. The third-order valence-electron chi connectivity index (χ3n) is 5.21. The van der Waals surface area contributed by atoms with Crippen LogP contribution < -0.4 is 5.32 Å². The standard InChI is InChI=1S/C22H25Cl3N2O3S2/c23-19-6-3-16(4-7-19)14-31-11-9-26-22(28)18-2-1-10-27(13-18)32(29,30)15-17-5-8-20(24)21(25)12-17/h3-8,12,18H,1-2,9-11,13-15H2,(H,26,28). The number of carbonyl (C=O) groups is 1. The molecule has 0 radical (unpaired) electrons. The third-order valence-corrected chi connectivity index (χ3v) is 9.05. The summed E-state index contributed by atoms with van der Waals surface area (Å²) in [5.41, 5.74) is 1.75. The molecule has 1 heterocycles. The highest BCUT2D eigenvalue weighted by Crippen LogP contribution is 2.26. The molecule has 0 saturated carbocycles. The lowest BCUT2D eigenvalue weighted by Gasteiger charge is -2.31. The molecule has 1 atom stereocenters. The Kier molecular flexibility index (Phi) is 9.58. The van der Waals surface area contributed by atoms with Gasteiger partial charge in [-0.05, 0) is 48.2 Å². The van der Waals surface area contributed by atoms with Crippen molar-refractivity contribution in [3.63, 3.8) is 0 Å². The SMILES string of the molecule is O=C(NCCSCc1ccc(Cl)cc1)C1CCCN(S(=O)(=O)Cc2ccc(Cl)c(Cl)c2)C1. The number of benzene rings is 2. The van der Waals surface area contributed by atoms with Crippen LogP contribution in [0.1, 0.15) is 24.0 Å². The molecule has 0 aliphatic carbocycles. The lowest BCUT2D eigenvalue weighted by molar-refractivity contribution is -0.125. The maximum atomic E-state index is 12.9. The highest BCUT2D eigenvalue weighted by atomic mass is 35.5. The maximum Gasteiger partial charge on any atom is 0.224 e. The molecule has 0 spiro atoms. The van der Waals surface area contributed by atoms with Gasteiger partial charge >= 0.3 is 0 Å². The maximum absolute atomic E-state index is 12.9. The van der Waals surface area contributed by atoms with Gasteiger partial charge in [-0.15, -0.1) is 0 Å². The predicted molar refractivity (Wildman–Crippen MR) is 134 cm³/mol. The lowest BCUT2D eigenvalue weighted by atomic mass is 9.99. The van der Waals surface area contributed by atoms with Gasteiger partial charge in [0, 0.05) is 36.2 Å². The molecular weight excluding hydrogens is 511 g/mol. The average Bonchev–Trinajstić information content (AvgIpc) is 2.77. The summed E-state index contributed by atoms with van der Waals surface area (Å²) in [6.07, 6.45) is 1.34. The van der Waals surface area contributed by atoms with Crippen LogP contribution in [-0.2, 0) is 26.3 Å². The van der Waals surface area contributed by atoms with E-state index in [-0.39, 0.29) is 24.1 Å². The van der Waals surface area contributed by atoms with Gasteiger partial charge < -0.3 is 5.32 Å². The number of amides is 1. The van der Waals surface area contributed by atoms with E-state index in [2.05, 4.69) is 5.32 Å². The van der Waals surface area contributed by atoms with Gasteiger partial charge in [0.1, 0.15) is 0 Å². The summed E-state index contributed by atoms with van der Waals surface area (Å²) in [6.45, 7) is 1.17. The van der Waals surface area contributed by atoms with E-state index in [1.807, 2.05) is 24.3 Å². The Morgan fingerprint density at radius 1 is 1.06 bits per heavy atom. The fourth-order valence-electron chi connectivity index (χ4n) is 3.50. The smallest absolute Gasteiger partial charge is 0.224 e. The molecule has 174 valence electrons. The van der Waals surface area contributed by atoms with E-state index in [4.69, 9.17) is 34.8 Å². The van der Waals surface area contributed by atoms with Crippen molar-refractivity contribution < 1.29 is 13.2 Å². The molecule has 1 N–H and O–H groups in total. The lowest BCUT2D eigenvalue weighted by Crippen LogP contribution is -2.46. The van der Waals surface area contributed by atoms with Crippen LogP contribution in [0, 0.1) is 5.92 Å². The zero-order valence-electron chi connectivity index (χ0n) is 17.4. The fraction of sp³-hybridized carbons (Fsp3) is 0.409. The first-order valence-electron chi connectivity index (χ1n) is 10.3. The second kappa shape index (κ2) is 12.0. The van der Waals surface area contributed by atoms with Crippen LogP contribution in [0.5, 0.6) is 0 Å². The summed E-state index contributed by atoms with van der Waals surface area (Å²) in [7, 11) is -3.56. The van der Waals surface area contributed by atoms with Crippen molar-refractivity contribution in [1.82, 2.24) is 9.62 Å². The molecule has 1 fully saturated rings. The molecule has 1 unspecified atom stereocenters. The molecule has 0 aromatic heterocycles. The Hall–Kier alpha value is -0.960. The zero-order valence-corrected chi connectivity index (χ0v) is 21.3. The summed E-state index contributed by atoms with van der Waals surface area (Å²) in [6, 6.07) is 12.5. The van der Waals surface area contributed by atoms with E-state index in [1.165, 1.54) is 9.87 Å². The third kappa shape index (κ3) is 7.54. The number of sulfonamides is 1. The highest BCUT2D eigenvalue weighted by molar-refractivity contribution is 7.98. The van der Waals surface area contributed by atoms with Crippen LogP contribution in [0.2, 0.25) is 15.1 Å². The van der Waals surface area contributed by atoms with E-state index < -0.39 is 10.0 Å². The van der Waals surface area contributed by atoms with E-state index in [9.17, 15) is 13.2 Å². The van der Waals surface area contributed by atoms with Crippen LogP contribution in [0.4, 0.5) is 0 Å². The van der Waals surface area contributed by atoms with Crippen molar-refractivity contribution in [3.8, 4) is 0 Å². The van der Waals surface area contributed by atoms with E-state index in [0.29, 0.717) is 46.6 Å². The molecule has 3 rings (SSSR count). The topological polar surface area (TPSA) is 66.5 Å². The van der Waals surface area contributed by atoms with E-state index in [0.717, 1.165) is 11.5 Å². The van der Waals surface area contributed by atoms with Crippen molar-refractivity contribution in [3.05, 3.63) is 68.7 Å². The summed E-state index contributed by atoms with van der Waals surface area (Å²) in [5.74, 6) is 1.03. The number of carbonyl (C=O) groups excluding carboxylic acids is 1. The molecule has 1 saturated heterocycles. The minimum atomic E-state index is -3.56. The van der Waals surface area contributed by atoms with Crippen LogP contribution in [0.25, 0.3) is 0 Å². The van der Waals surface area contributed by atoms with E-state index >= 15 is 0 Å². The number of hydrogen-bond acceptors (Lipinski definition) is 4. The summed E-state index contributed by atoms with van der Waals surface area (Å²) in [4.78, 5) is 12.6. The van der Waals surface area contributed by atoms with E-state index in [1.54, 1.807) is 30.0 Å². The summed E-state index contributed by atoms with van der Waals surface area (Å²) < 4.78 is 27.2. The first kappa shape index (κ1) is 25.7. The van der Waals surface area contributed by atoms with Gasteiger partial charge in [0.2, 0.25) is 15.9 Å². The number of nitrogens with zero attached hydrogens (tertiary/aromatic N) is 1. The Bertz CT molecular complexity index is 1030. The number of rotatable bonds is 9. The largest absolute Gasteiger partial charge is 0.355 e. The van der Waals surface area contributed by atoms with Gasteiger partial charge in [-0.25, -0.2) is 12.7 Å². The quantitative estimate of drug-likeness (QED) is 0.446. The molecule has 1 aliphatic heterocycles. The summed E-state index contributed by atoms with van der Waals surface area (Å²) >= 11 is 19.5. The molecule has 2 aromatic carbocycles. The van der Waals surface area contributed by atoms with Gasteiger partial charge in [0.05, 0.1) is 21.7 Å². The molecule has 10 heteroatoms. The number of halogens is 3. The summed E-state index contributed by atoms with van der Waals surface area (Å²) in [5, 5.41) is 4.37. The minimum Gasteiger partial charge on any atom is -0.355 e. The Morgan fingerprint density at radius 2 is 1.78 bits per heavy atom. The predicted octanol–water partition coefficient (Wildman–Crippen LogP) is 5.24. The fourth-order valence-corrected chi connectivity index (χ4v) is 6.37. The van der Waals surface area contributed by atoms with Gasteiger partial charge in [0.15, 0.2) is 0 Å². The number of piperidine rings is 1. The van der Waals surface area contributed by atoms with Gasteiger partial charge in [-0.3, -0.25) is 4.79 Å². The molecular formula is C22H25Cl3N2O3S2. The molecule has 5 nitrogen and oxygen atoms in total. The van der Waals surface area contributed by atoms with Crippen molar-refractivity contribution in [1.29, 1.82) is 0 Å². The molecule has 1 amide bonds. The van der Waals surface area contributed by atoms with Gasteiger partial charge in [0.25, 0.3) is 0 Å². The molecule has 32 heavy (non-hydrogen) atoms. The number of hydrogen-bond donors (Lipinski definition) is 1. The van der Waals surface area contributed by atoms with Crippen molar-refractivity contribution in [2.45, 2.75) is 24.3 Å². The first-order valence-corrected chi connectivity index (χ1v) is 14.2. The van der Waals surface area contributed by atoms with Crippen LogP contribution in [0.3, 0.4) is 0 Å². The van der Waals surface area contributed by atoms with Crippen molar-refractivity contribution in [2.24, 2.45) is 5.92 Å². The molecule has 0 bridgehead atoms. The second-order valence-electron chi connectivity index (χ2n) is 7.67. The molecule has 1 aliphatic rings. The molecule has 2 aromatic rings. The highest BCUT2D eigenvalue weighted by Gasteiger charge is 2.32. The van der Waals surface area contributed by atoms with Gasteiger partial charge in [-0.2, -0.15) is 11.8 Å². The normalized spacial score (nSPS) is 17.3. The average molecular weight is 536 g/mol. The number of nitrogens with one attached hydrogen (secondary N) is 1.